The van der Waals surface area contributed by atoms with Crippen molar-refractivity contribution in [1.82, 2.24) is 10.6 Å². The van der Waals surface area contributed by atoms with Crippen molar-refractivity contribution in [3.63, 3.8) is 0 Å². The summed E-state index contributed by atoms with van der Waals surface area (Å²) in [6.45, 7) is 1.54. The summed E-state index contributed by atoms with van der Waals surface area (Å²) in [5, 5.41) is 13.1. The molecule has 3 N–H and O–H groups in total. The fraction of sp³-hybridized carbons (Fsp3) is 0.625. The van der Waals surface area contributed by atoms with Crippen molar-refractivity contribution in [2.45, 2.75) is 25.3 Å². The quantitative estimate of drug-likeness (QED) is 0.485. The van der Waals surface area contributed by atoms with E-state index in [1.165, 1.54) is 14.0 Å². The zero-order valence-electron chi connectivity index (χ0n) is 8.16. The van der Waals surface area contributed by atoms with Gasteiger partial charge in [0.15, 0.2) is 0 Å². The first-order valence-electron chi connectivity index (χ1n) is 4.11. The Morgan fingerprint density at radius 1 is 1.50 bits per heavy atom. The Morgan fingerprint density at radius 3 is 2.43 bits per heavy atom. The van der Waals surface area contributed by atoms with E-state index in [0.29, 0.717) is 0 Å². The standard InChI is InChI=1S/C8H14N2O4/c1-8(9-2,4-3-6(12)13)7(14)10-5-11/h5,9H,3-4H2,1-2H3,(H,12,13)(H,10,11,14). The van der Waals surface area contributed by atoms with Crippen molar-refractivity contribution >= 4 is 18.3 Å². The second-order valence-electron chi connectivity index (χ2n) is 3.07. The molecule has 0 aliphatic rings. The summed E-state index contributed by atoms with van der Waals surface area (Å²) in [5.74, 6) is -1.51. The van der Waals surface area contributed by atoms with Crippen LogP contribution in [0.2, 0.25) is 0 Å². The molecule has 0 heterocycles. The van der Waals surface area contributed by atoms with Crippen molar-refractivity contribution in [3.8, 4) is 0 Å². The number of hydrogen-bond donors (Lipinski definition) is 3. The maximum atomic E-state index is 11.3. The monoisotopic (exact) mass is 202 g/mol. The molecule has 14 heavy (non-hydrogen) atoms. The maximum Gasteiger partial charge on any atom is 0.303 e. The Balaban J connectivity index is 4.37. The molecule has 80 valence electrons. The fourth-order valence-corrected chi connectivity index (χ4v) is 0.922. The number of carbonyl (C=O) groups is 3. The smallest absolute Gasteiger partial charge is 0.303 e. The summed E-state index contributed by atoms with van der Waals surface area (Å²) in [4.78, 5) is 31.7. The van der Waals surface area contributed by atoms with Gasteiger partial charge in [-0.3, -0.25) is 19.7 Å². The topological polar surface area (TPSA) is 95.5 Å². The first kappa shape index (κ1) is 12.6. The number of rotatable bonds is 6. The second kappa shape index (κ2) is 5.33. The number of carboxylic acids is 1. The molecule has 6 heteroatoms. The van der Waals surface area contributed by atoms with Crippen molar-refractivity contribution in [2.75, 3.05) is 7.05 Å². The summed E-state index contributed by atoms with van der Waals surface area (Å²) in [7, 11) is 1.53. The van der Waals surface area contributed by atoms with E-state index < -0.39 is 17.4 Å². The summed E-state index contributed by atoms with van der Waals surface area (Å²) in [6, 6.07) is 0. The minimum absolute atomic E-state index is 0.124. The van der Waals surface area contributed by atoms with Crippen molar-refractivity contribution in [1.29, 1.82) is 0 Å². The highest BCUT2D eigenvalue weighted by Crippen LogP contribution is 2.11. The first-order chi connectivity index (χ1) is 6.46. The van der Waals surface area contributed by atoms with Crippen LogP contribution in [0.25, 0.3) is 0 Å². The van der Waals surface area contributed by atoms with E-state index in [9.17, 15) is 14.4 Å². The summed E-state index contributed by atoms with van der Waals surface area (Å²) < 4.78 is 0. The van der Waals surface area contributed by atoms with Crippen LogP contribution in [0.15, 0.2) is 0 Å². The Bertz CT molecular complexity index is 241. The van der Waals surface area contributed by atoms with Gasteiger partial charge >= 0.3 is 5.97 Å². The lowest BCUT2D eigenvalue weighted by atomic mass is 9.95. The van der Waals surface area contributed by atoms with Gasteiger partial charge in [0.05, 0.1) is 5.54 Å². The van der Waals surface area contributed by atoms with Crippen LogP contribution < -0.4 is 10.6 Å². The number of aliphatic carboxylic acids is 1. The summed E-state index contributed by atoms with van der Waals surface area (Å²) in [6.07, 6.45) is 0.265. The molecule has 0 saturated carbocycles. The predicted octanol–water partition coefficient (Wildman–Crippen LogP) is -0.898. The minimum atomic E-state index is -1.03. The number of carboxylic acid groups (broad SMARTS) is 1. The van der Waals surface area contributed by atoms with E-state index in [0.717, 1.165) is 0 Å². The average molecular weight is 202 g/mol. The van der Waals surface area contributed by atoms with Gasteiger partial charge in [0.25, 0.3) is 0 Å². The molecule has 0 aliphatic heterocycles. The van der Waals surface area contributed by atoms with Crippen LogP contribution >= 0.6 is 0 Å². The second-order valence-corrected chi connectivity index (χ2v) is 3.07. The minimum Gasteiger partial charge on any atom is -0.481 e. The zero-order chi connectivity index (χ0) is 11.2. The van der Waals surface area contributed by atoms with Crippen molar-refractivity contribution < 1.29 is 19.5 Å². The molecular weight excluding hydrogens is 188 g/mol. The van der Waals surface area contributed by atoms with Gasteiger partial charge in [0, 0.05) is 6.42 Å². The van der Waals surface area contributed by atoms with Gasteiger partial charge in [0.1, 0.15) is 0 Å². The van der Waals surface area contributed by atoms with Gasteiger partial charge < -0.3 is 10.4 Å². The van der Waals surface area contributed by atoms with Crippen LogP contribution in [0.3, 0.4) is 0 Å². The van der Waals surface area contributed by atoms with E-state index in [-0.39, 0.29) is 19.3 Å². The summed E-state index contributed by atoms with van der Waals surface area (Å²) >= 11 is 0. The van der Waals surface area contributed by atoms with Crippen molar-refractivity contribution in [3.05, 3.63) is 0 Å². The van der Waals surface area contributed by atoms with E-state index >= 15 is 0 Å². The van der Waals surface area contributed by atoms with Crippen molar-refractivity contribution in [2.24, 2.45) is 0 Å². The Morgan fingerprint density at radius 2 is 2.07 bits per heavy atom. The van der Waals surface area contributed by atoms with Crippen LogP contribution in [-0.4, -0.2) is 36.0 Å². The molecule has 0 aromatic heterocycles. The highest BCUT2D eigenvalue weighted by molar-refractivity contribution is 5.93. The Kier molecular flexibility index (Phi) is 4.79. The molecule has 0 aromatic carbocycles. The number of amides is 2. The molecular formula is C8H14N2O4. The highest BCUT2D eigenvalue weighted by Gasteiger charge is 2.31. The SMILES string of the molecule is CNC(C)(CCC(=O)O)C(=O)NC=O. The molecule has 2 amide bonds. The Hall–Kier alpha value is -1.43. The van der Waals surface area contributed by atoms with Crippen LogP contribution in [0, 0.1) is 0 Å². The van der Waals surface area contributed by atoms with E-state index in [1.807, 2.05) is 5.32 Å². The maximum absolute atomic E-state index is 11.3. The number of nitrogens with one attached hydrogen (secondary N) is 2. The number of likely N-dealkylation sites (N-methyl/N-ethyl adjacent to an activating group) is 1. The van der Waals surface area contributed by atoms with Gasteiger partial charge in [-0.1, -0.05) is 0 Å². The van der Waals surface area contributed by atoms with Gasteiger partial charge in [-0.25, -0.2) is 0 Å². The molecule has 6 nitrogen and oxygen atoms in total. The molecule has 0 fully saturated rings. The number of carbonyl (C=O) groups excluding carboxylic acids is 2. The zero-order valence-corrected chi connectivity index (χ0v) is 8.16. The van der Waals surface area contributed by atoms with Crippen LogP contribution in [0.4, 0.5) is 0 Å². The van der Waals surface area contributed by atoms with E-state index in [1.54, 1.807) is 0 Å². The molecule has 0 rings (SSSR count). The third kappa shape index (κ3) is 3.53. The van der Waals surface area contributed by atoms with Gasteiger partial charge in [0.2, 0.25) is 12.3 Å². The van der Waals surface area contributed by atoms with Crippen LogP contribution in [-0.2, 0) is 14.4 Å². The van der Waals surface area contributed by atoms with Crippen LogP contribution in [0.1, 0.15) is 19.8 Å². The molecule has 0 radical (unpaired) electrons. The Labute approximate surface area is 81.7 Å². The average Bonchev–Trinajstić information content (AvgIpc) is 2.14. The molecule has 0 aliphatic carbocycles. The van der Waals surface area contributed by atoms with Gasteiger partial charge in [-0.2, -0.15) is 0 Å². The lowest BCUT2D eigenvalue weighted by Gasteiger charge is -2.25. The van der Waals surface area contributed by atoms with E-state index in [4.69, 9.17) is 5.11 Å². The van der Waals surface area contributed by atoms with Gasteiger partial charge in [-0.05, 0) is 20.4 Å². The number of imide groups is 1. The molecule has 1 unspecified atom stereocenters. The predicted molar refractivity (Wildman–Crippen MR) is 48.5 cm³/mol. The molecule has 1 atom stereocenters. The normalized spacial score (nSPS) is 14.1. The van der Waals surface area contributed by atoms with Crippen LogP contribution in [0.5, 0.6) is 0 Å². The molecule has 0 spiro atoms. The molecule has 0 aromatic rings. The third-order valence-corrected chi connectivity index (χ3v) is 2.08. The van der Waals surface area contributed by atoms with E-state index in [2.05, 4.69) is 5.32 Å². The molecule has 0 bridgehead atoms. The first-order valence-corrected chi connectivity index (χ1v) is 4.11. The van der Waals surface area contributed by atoms with Gasteiger partial charge in [-0.15, -0.1) is 0 Å². The largest absolute Gasteiger partial charge is 0.481 e. The fourth-order valence-electron chi connectivity index (χ4n) is 0.922. The lowest BCUT2D eigenvalue weighted by molar-refractivity contribution is -0.137. The number of hydrogen-bond acceptors (Lipinski definition) is 4. The molecule has 0 saturated heterocycles. The summed E-state index contributed by atoms with van der Waals surface area (Å²) in [5.41, 5.74) is -1.03. The highest BCUT2D eigenvalue weighted by atomic mass is 16.4. The lowest BCUT2D eigenvalue weighted by Crippen LogP contribution is -2.53. The third-order valence-electron chi connectivity index (χ3n) is 2.08.